The number of hydrogen-bond acceptors (Lipinski definition) is 4. The summed E-state index contributed by atoms with van der Waals surface area (Å²) in [6.45, 7) is 11.9. The SMILES string of the molecule is CC(C)=CCOc1ccccc1/C=C1/C(=O)O[C@](C)(C(C)(C)C)[S@]1=O. The van der Waals surface area contributed by atoms with E-state index in [1.165, 1.54) is 0 Å². The molecule has 0 spiro atoms. The molecule has 136 valence electrons. The average Bonchev–Trinajstić information content (AvgIpc) is 2.72. The Morgan fingerprint density at radius 2 is 1.92 bits per heavy atom. The van der Waals surface area contributed by atoms with Gasteiger partial charge in [0.2, 0.25) is 0 Å². The number of carbonyl (C=O) groups is 1. The molecular weight excluding hydrogens is 336 g/mol. The van der Waals surface area contributed by atoms with Crippen LogP contribution in [0.5, 0.6) is 5.75 Å². The Labute approximate surface area is 152 Å². The lowest BCUT2D eigenvalue weighted by Crippen LogP contribution is -2.42. The van der Waals surface area contributed by atoms with Gasteiger partial charge in [0.15, 0.2) is 4.93 Å². The molecule has 2 rings (SSSR count). The van der Waals surface area contributed by atoms with Crippen LogP contribution in [0.1, 0.15) is 47.1 Å². The Bertz CT molecular complexity index is 751. The molecule has 0 unspecified atom stereocenters. The van der Waals surface area contributed by atoms with Gasteiger partial charge in [0.25, 0.3) is 0 Å². The summed E-state index contributed by atoms with van der Waals surface area (Å²) < 4.78 is 24.2. The molecule has 0 aromatic heterocycles. The van der Waals surface area contributed by atoms with Crippen LogP contribution in [0, 0.1) is 5.41 Å². The standard InChI is InChI=1S/C20H26O4S/c1-14(2)11-12-23-16-10-8-7-9-15(16)13-17-18(21)24-20(6,25(17)22)19(3,4)5/h7-11,13H,12H2,1-6H3/b17-13-/t20-,25-/m0/s1. The van der Waals surface area contributed by atoms with Crippen LogP contribution in [0.3, 0.4) is 0 Å². The van der Waals surface area contributed by atoms with Gasteiger partial charge >= 0.3 is 5.97 Å². The van der Waals surface area contributed by atoms with E-state index in [4.69, 9.17) is 9.47 Å². The summed E-state index contributed by atoms with van der Waals surface area (Å²) in [5.41, 5.74) is 1.43. The molecular formula is C20H26O4S. The van der Waals surface area contributed by atoms with Gasteiger partial charge in [-0.1, -0.05) is 44.5 Å². The smallest absolute Gasteiger partial charge is 0.348 e. The maximum absolute atomic E-state index is 13.0. The molecule has 0 bridgehead atoms. The molecule has 4 nitrogen and oxygen atoms in total. The van der Waals surface area contributed by atoms with E-state index in [1.54, 1.807) is 13.0 Å². The number of ether oxygens (including phenoxy) is 2. The van der Waals surface area contributed by atoms with Gasteiger partial charge in [-0.05, 0) is 39.0 Å². The summed E-state index contributed by atoms with van der Waals surface area (Å²) in [5, 5.41) is 0. The van der Waals surface area contributed by atoms with E-state index < -0.39 is 27.1 Å². The number of allylic oxidation sites excluding steroid dienone is 1. The summed E-state index contributed by atoms with van der Waals surface area (Å²) in [4.78, 5) is 11.5. The van der Waals surface area contributed by atoms with Gasteiger partial charge in [-0.2, -0.15) is 0 Å². The third-order valence-corrected chi connectivity index (χ3v) is 6.43. The van der Waals surface area contributed by atoms with Crippen molar-refractivity contribution >= 4 is 22.8 Å². The number of para-hydroxylation sites is 1. The second-order valence-corrected chi connectivity index (χ2v) is 9.25. The first-order valence-electron chi connectivity index (χ1n) is 8.28. The van der Waals surface area contributed by atoms with Gasteiger partial charge in [0.1, 0.15) is 28.1 Å². The first-order chi connectivity index (χ1) is 11.6. The highest BCUT2D eigenvalue weighted by molar-refractivity contribution is 7.92. The number of benzene rings is 1. The van der Waals surface area contributed by atoms with Gasteiger partial charge in [-0.3, -0.25) is 0 Å². The molecule has 0 amide bonds. The predicted molar refractivity (Wildman–Crippen MR) is 101 cm³/mol. The maximum atomic E-state index is 13.0. The van der Waals surface area contributed by atoms with Crippen LogP contribution in [0.25, 0.3) is 6.08 Å². The van der Waals surface area contributed by atoms with E-state index in [0.29, 0.717) is 17.9 Å². The van der Waals surface area contributed by atoms with Crippen molar-refractivity contribution in [3.8, 4) is 5.75 Å². The number of carbonyl (C=O) groups excluding carboxylic acids is 1. The van der Waals surface area contributed by atoms with E-state index in [-0.39, 0.29) is 4.91 Å². The summed E-state index contributed by atoms with van der Waals surface area (Å²) in [7, 11) is -1.56. The minimum atomic E-state index is -1.56. The summed E-state index contributed by atoms with van der Waals surface area (Å²) in [5.74, 6) is 0.108. The fraction of sp³-hybridized carbons (Fsp3) is 0.450. The fourth-order valence-electron chi connectivity index (χ4n) is 2.26. The zero-order valence-electron chi connectivity index (χ0n) is 15.7. The molecule has 0 N–H and O–H groups in total. The Morgan fingerprint density at radius 1 is 1.28 bits per heavy atom. The van der Waals surface area contributed by atoms with Crippen LogP contribution >= 0.6 is 0 Å². The zero-order valence-corrected chi connectivity index (χ0v) is 16.5. The average molecular weight is 362 g/mol. The largest absolute Gasteiger partial charge is 0.489 e. The lowest BCUT2D eigenvalue weighted by molar-refractivity contribution is -0.148. The second-order valence-electron chi connectivity index (χ2n) is 7.49. The highest BCUT2D eigenvalue weighted by Gasteiger charge is 2.54. The zero-order chi connectivity index (χ0) is 18.8. The van der Waals surface area contributed by atoms with Crippen molar-refractivity contribution in [2.45, 2.75) is 46.5 Å². The molecule has 2 atom stereocenters. The Kier molecular flexibility index (Phi) is 5.57. The van der Waals surface area contributed by atoms with Crippen LogP contribution in [-0.4, -0.2) is 21.7 Å². The first kappa shape index (κ1) is 19.4. The summed E-state index contributed by atoms with van der Waals surface area (Å²) in [6.07, 6.45) is 3.59. The fourth-order valence-corrected chi connectivity index (χ4v) is 3.82. The molecule has 1 aromatic carbocycles. The lowest BCUT2D eigenvalue weighted by Gasteiger charge is -2.34. The third kappa shape index (κ3) is 4.03. The number of hydrogen-bond donors (Lipinski definition) is 0. The Hall–Kier alpha value is -1.88. The second kappa shape index (κ2) is 7.16. The van der Waals surface area contributed by atoms with Crippen LogP contribution in [0.15, 0.2) is 40.8 Å². The van der Waals surface area contributed by atoms with Crippen LogP contribution in [0.4, 0.5) is 0 Å². The van der Waals surface area contributed by atoms with E-state index in [1.807, 2.05) is 65.0 Å². The molecule has 1 aromatic rings. The maximum Gasteiger partial charge on any atom is 0.348 e. The highest BCUT2D eigenvalue weighted by Crippen LogP contribution is 2.44. The van der Waals surface area contributed by atoms with Gasteiger partial charge in [-0.25, -0.2) is 9.00 Å². The molecule has 5 heteroatoms. The monoisotopic (exact) mass is 362 g/mol. The summed E-state index contributed by atoms with van der Waals surface area (Å²) in [6, 6.07) is 7.38. The van der Waals surface area contributed by atoms with Crippen molar-refractivity contribution in [2.75, 3.05) is 6.61 Å². The molecule has 0 saturated carbocycles. The Balaban J connectivity index is 2.36. The minimum Gasteiger partial charge on any atom is -0.489 e. The topological polar surface area (TPSA) is 52.6 Å². The molecule has 0 aliphatic carbocycles. The molecule has 1 saturated heterocycles. The normalized spacial score (nSPS) is 25.0. The van der Waals surface area contributed by atoms with Gasteiger partial charge in [-0.15, -0.1) is 0 Å². The van der Waals surface area contributed by atoms with Crippen molar-refractivity contribution in [1.29, 1.82) is 0 Å². The van der Waals surface area contributed by atoms with Gasteiger partial charge in [0.05, 0.1) is 0 Å². The highest BCUT2D eigenvalue weighted by atomic mass is 32.2. The minimum absolute atomic E-state index is 0.177. The van der Waals surface area contributed by atoms with Crippen LogP contribution in [0.2, 0.25) is 0 Å². The molecule has 1 aliphatic rings. The van der Waals surface area contributed by atoms with Crippen LogP contribution < -0.4 is 4.74 Å². The lowest BCUT2D eigenvalue weighted by atomic mass is 9.89. The summed E-state index contributed by atoms with van der Waals surface area (Å²) >= 11 is 0. The number of esters is 1. The third-order valence-electron chi connectivity index (χ3n) is 4.34. The van der Waals surface area contributed by atoms with Gasteiger partial charge < -0.3 is 9.47 Å². The van der Waals surface area contributed by atoms with E-state index >= 15 is 0 Å². The quantitative estimate of drug-likeness (QED) is 0.451. The molecule has 1 aliphatic heterocycles. The van der Waals surface area contributed by atoms with Crippen molar-refractivity contribution in [3.63, 3.8) is 0 Å². The molecule has 1 fully saturated rings. The van der Waals surface area contributed by atoms with Crippen molar-refractivity contribution in [2.24, 2.45) is 5.41 Å². The van der Waals surface area contributed by atoms with Crippen molar-refractivity contribution < 1.29 is 18.5 Å². The van der Waals surface area contributed by atoms with Crippen LogP contribution in [-0.2, 0) is 20.3 Å². The van der Waals surface area contributed by atoms with Crippen molar-refractivity contribution in [3.05, 3.63) is 46.4 Å². The number of rotatable bonds is 4. The van der Waals surface area contributed by atoms with Gasteiger partial charge in [0, 0.05) is 11.0 Å². The molecule has 0 radical (unpaired) electrons. The Morgan fingerprint density at radius 3 is 2.48 bits per heavy atom. The van der Waals surface area contributed by atoms with E-state index in [2.05, 4.69) is 0 Å². The van der Waals surface area contributed by atoms with E-state index in [9.17, 15) is 9.00 Å². The van der Waals surface area contributed by atoms with E-state index in [0.717, 1.165) is 5.57 Å². The first-order valence-corrected chi connectivity index (χ1v) is 9.43. The number of cyclic esters (lactones) is 1. The molecule has 25 heavy (non-hydrogen) atoms. The predicted octanol–water partition coefficient (Wildman–Crippen LogP) is 4.44. The van der Waals surface area contributed by atoms with Crippen molar-refractivity contribution in [1.82, 2.24) is 0 Å². The molecule has 1 heterocycles.